The van der Waals surface area contributed by atoms with Gasteiger partial charge >= 0.3 is 5.97 Å². The van der Waals surface area contributed by atoms with E-state index >= 15 is 0 Å². The van der Waals surface area contributed by atoms with E-state index in [0.29, 0.717) is 21.2 Å². The van der Waals surface area contributed by atoms with Crippen molar-refractivity contribution in [2.75, 3.05) is 0 Å². The first-order valence-electron chi connectivity index (χ1n) is 8.44. The summed E-state index contributed by atoms with van der Waals surface area (Å²) in [6.07, 6.45) is 1.79. The largest absolute Gasteiger partial charge is 0.449 e. The monoisotopic (exact) mass is 416 g/mol. The Morgan fingerprint density at radius 3 is 2.43 bits per heavy atom. The predicted octanol–water partition coefficient (Wildman–Crippen LogP) is 4.69. The average Bonchev–Trinajstić information content (AvgIpc) is 2.66. The molecular formula is C21H18Cl2N2O3. The van der Waals surface area contributed by atoms with Gasteiger partial charge < -0.3 is 10.1 Å². The van der Waals surface area contributed by atoms with Crippen LogP contribution < -0.4 is 5.32 Å². The molecule has 0 bridgehead atoms. The summed E-state index contributed by atoms with van der Waals surface area (Å²) in [5.41, 5.74) is 1.97. The SMILES string of the molecule is C[C@H](OC(=O)/C=C/c1ccc(C#N)cc1)C(=O)N[C@@H](C)c1ccc(Cl)cc1Cl. The van der Waals surface area contributed by atoms with Gasteiger partial charge in [0.05, 0.1) is 17.7 Å². The molecule has 7 heteroatoms. The Kier molecular flexibility index (Phi) is 7.62. The van der Waals surface area contributed by atoms with Crippen LogP contribution >= 0.6 is 23.2 Å². The third-order valence-electron chi connectivity index (χ3n) is 3.90. The molecule has 144 valence electrons. The first kappa shape index (κ1) is 21.5. The summed E-state index contributed by atoms with van der Waals surface area (Å²) >= 11 is 12.0. The minimum Gasteiger partial charge on any atom is -0.449 e. The number of nitriles is 1. The van der Waals surface area contributed by atoms with Crippen LogP contribution in [-0.2, 0) is 14.3 Å². The fourth-order valence-corrected chi connectivity index (χ4v) is 2.93. The summed E-state index contributed by atoms with van der Waals surface area (Å²) in [5.74, 6) is -1.09. The van der Waals surface area contributed by atoms with Gasteiger partial charge in [-0.25, -0.2) is 4.79 Å². The first-order chi connectivity index (χ1) is 13.3. The van der Waals surface area contributed by atoms with E-state index in [9.17, 15) is 9.59 Å². The second kappa shape index (κ2) is 9.93. The van der Waals surface area contributed by atoms with Crippen molar-refractivity contribution < 1.29 is 14.3 Å². The summed E-state index contributed by atoms with van der Waals surface area (Å²) in [7, 11) is 0. The van der Waals surface area contributed by atoms with E-state index in [-0.39, 0.29) is 6.04 Å². The van der Waals surface area contributed by atoms with Crippen molar-refractivity contribution in [1.29, 1.82) is 5.26 Å². The normalized spacial score (nSPS) is 12.8. The van der Waals surface area contributed by atoms with Crippen molar-refractivity contribution >= 4 is 41.2 Å². The molecule has 0 spiro atoms. The first-order valence-corrected chi connectivity index (χ1v) is 9.20. The van der Waals surface area contributed by atoms with Gasteiger partial charge in [-0.15, -0.1) is 0 Å². The maximum absolute atomic E-state index is 12.3. The Balaban J connectivity index is 1.90. The molecule has 5 nitrogen and oxygen atoms in total. The highest BCUT2D eigenvalue weighted by Crippen LogP contribution is 2.26. The number of amides is 1. The summed E-state index contributed by atoms with van der Waals surface area (Å²) in [5, 5.41) is 12.5. The Hall–Kier alpha value is -2.81. The van der Waals surface area contributed by atoms with E-state index in [1.807, 2.05) is 6.07 Å². The van der Waals surface area contributed by atoms with E-state index in [1.165, 1.54) is 13.0 Å². The minimum absolute atomic E-state index is 0.382. The van der Waals surface area contributed by atoms with Crippen molar-refractivity contribution in [2.24, 2.45) is 0 Å². The van der Waals surface area contributed by atoms with Crippen LogP contribution in [-0.4, -0.2) is 18.0 Å². The molecule has 2 aromatic rings. The molecule has 0 heterocycles. The highest BCUT2D eigenvalue weighted by Gasteiger charge is 2.20. The molecule has 0 saturated heterocycles. The zero-order valence-corrected chi connectivity index (χ0v) is 16.8. The molecule has 0 aliphatic carbocycles. The third-order valence-corrected chi connectivity index (χ3v) is 4.46. The van der Waals surface area contributed by atoms with Crippen molar-refractivity contribution in [1.82, 2.24) is 5.32 Å². The smallest absolute Gasteiger partial charge is 0.331 e. The lowest BCUT2D eigenvalue weighted by Crippen LogP contribution is -2.37. The van der Waals surface area contributed by atoms with E-state index in [4.69, 9.17) is 33.2 Å². The Morgan fingerprint density at radius 1 is 1.14 bits per heavy atom. The summed E-state index contributed by atoms with van der Waals surface area (Å²) < 4.78 is 5.12. The molecule has 1 amide bonds. The number of carbonyl (C=O) groups is 2. The van der Waals surface area contributed by atoms with Crippen molar-refractivity contribution in [3.63, 3.8) is 0 Å². The number of hydrogen-bond donors (Lipinski definition) is 1. The molecule has 0 aliphatic rings. The molecule has 0 radical (unpaired) electrons. The molecule has 0 unspecified atom stereocenters. The molecule has 2 atom stereocenters. The van der Waals surface area contributed by atoms with Crippen LogP contribution in [0.3, 0.4) is 0 Å². The topological polar surface area (TPSA) is 79.2 Å². The Labute approximate surface area is 173 Å². The van der Waals surface area contributed by atoms with Gasteiger partial charge in [-0.05, 0) is 55.3 Å². The number of hydrogen-bond acceptors (Lipinski definition) is 4. The highest BCUT2D eigenvalue weighted by atomic mass is 35.5. The Bertz CT molecular complexity index is 934. The van der Waals surface area contributed by atoms with Crippen molar-refractivity contribution in [3.05, 3.63) is 75.3 Å². The molecular weight excluding hydrogens is 399 g/mol. The Morgan fingerprint density at radius 2 is 1.82 bits per heavy atom. The molecule has 0 aliphatic heterocycles. The van der Waals surface area contributed by atoms with E-state index in [0.717, 1.165) is 5.56 Å². The standard InChI is InChI=1S/C21H18Cl2N2O3/c1-13(18-9-8-17(22)11-19(18)23)25-21(27)14(2)28-20(26)10-7-15-3-5-16(12-24)6-4-15/h3-11,13-14H,1-2H3,(H,25,27)/b10-7+/t13-,14-/m0/s1. The maximum Gasteiger partial charge on any atom is 0.331 e. The fraction of sp³-hybridized carbons (Fsp3) is 0.190. The lowest BCUT2D eigenvalue weighted by Gasteiger charge is -2.19. The van der Waals surface area contributed by atoms with Crippen LogP contribution in [0, 0.1) is 11.3 Å². The van der Waals surface area contributed by atoms with Crippen LogP contribution in [0.2, 0.25) is 10.0 Å². The van der Waals surface area contributed by atoms with E-state index < -0.39 is 18.0 Å². The van der Waals surface area contributed by atoms with Crippen LogP contribution in [0.15, 0.2) is 48.5 Å². The lowest BCUT2D eigenvalue weighted by molar-refractivity contribution is -0.150. The molecule has 28 heavy (non-hydrogen) atoms. The van der Waals surface area contributed by atoms with Crippen LogP contribution in [0.5, 0.6) is 0 Å². The zero-order valence-electron chi connectivity index (χ0n) is 15.3. The van der Waals surface area contributed by atoms with Gasteiger partial charge in [0.2, 0.25) is 0 Å². The van der Waals surface area contributed by atoms with Gasteiger partial charge in [0.1, 0.15) is 0 Å². The number of rotatable bonds is 6. The van der Waals surface area contributed by atoms with Gasteiger partial charge in [0.25, 0.3) is 5.91 Å². The quantitative estimate of drug-likeness (QED) is 0.547. The number of nitrogens with zero attached hydrogens (tertiary/aromatic N) is 1. The predicted molar refractivity (Wildman–Crippen MR) is 109 cm³/mol. The second-order valence-electron chi connectivity index (χ2n) is 6.04. The minimum atomic E-state index is -0.980. The molecule has 2 rings (SSSR count). The molecule has 2 aromatic carbocycles. The molecule has 0 saturated carbocycles. The van der Waals surface area contributed by atoms with Crippen LogP contribution in [0.4, 0.5) is 0 Å². The highest BCUT2D eigenvalue weighted by molar-refractivity contribution is 6.35. The number of benzene rings is 2. The number of halogens is 2. The van der Waals surface area contributed by atoms with Gasteiger partial charge in [-0.2, -0.15) is 5.26 Å². The van der Waals surface area contributed by atoms with Crippen LogP contribution in [0.1, 0.15) is 36.6 Å². The van der Waals surface area contributed by atoms with Gasteiger partial charge in [-0.3, -0.25) is 4.79 Å². The zero-order chi connectivity index (χ0) is 20.7. The van der Waals surface area contributed by atoms with Crippen molar-refractivity contribution in [3.8, 4) is 6.07 Å². The summed E-state index contributed by atoms with van der Waals surface area (Å²) in [6.45, 7) is 3.26. The van der Waals surface area contributed by atoms with Crippen molar-refractivity contribution in [2.45, 2.75) is 26.0 Å². The van der Waals surface area contributed by atoms with Gasteiger partial charge in [0, 0.05) is 16.1 Å². The number of esters is 1. The molecule has 1 N–H and O–H groups in total. The third kappa shape index (κ3) is 6.12. The van der Waals surface area contributed by atoms with Gasteiger partial charge in [0.15, 0.2) is 6.10 Å². The molecule has 0 fully saturated rings. The second-order valence-corrected chi connectivity index (χ2v) is 6.89. The van der Waals surface area contributed by atoms with Gasteiger partial charge in [-0.1, -0.05) is 41.4 Å². The van der Waals surface area contributed by atoms with E-state index in [1.54, 1.807) is 55.5 Å². The number of ether oxygens (including phenoxy) is 1. The fourth-order valence-electron chi connectivity index (χ4n) is 2.36. The lowest BCUT2D eigenvalue weighted by atomic mass is 10.1. The number of carbonyl (C=O) groups excluding carboxylic acids is 2. The summed E-state index contributed by atoms with van der Waals surface area (Å²) in [4.78, 5) is 24.2. The number of nitrogens with one attached hydrogen (secondary N) is 1. The van der Waals surface area contributed by atoms with Crippen LogP contribution in [0.25, 0.3) is 6.08 Å². The average molecular weight is 417 g/mol. The van der Waals surface area contributed by atoms with E-state index in [2.05, 4.69) is 5.32 Å². The molecule has 0 aromatic heterocycles. The summed E-state index contributed by atoms with van der Waals surface area (Å²) in [6, 6.07) is 13.3. The maximum atomic E-state index is 12.3.